The van der Waals surface area contributed by atoms with Crippen molar-refractivity contribution in [3.8, 4) is 0 Å². The fourth-order valence-electron chi connectivity index (χ4n) is 1.25. The van der Waals surface area contributed by atoms with Gasteiger partial charge in [-0.2, -0.15) is 0 Å². The van der Waals surface area contributed by atoms with Crippen molar-refractivity contribution < 1.29 is 0 Å². The lowest BCUT2D eigenvalue weighted by atomic mass is 10.2. The molecule has 0 radical (unpaired) electrons. The summed E-state index contributed by atoms with van der Waals surface area (Å²) in [4.78, 5) is 8.12. The number of nitrogens with two attached hydrogens (primary N) is 1. The normalized spacial score (nSPS) is 10.8. The molecule has 2 aromatic rings. The van der Waals surface area contributed by atoms with Crippen molar-refractivity contribution in [1.82, 2.24) is 9.97 Å². The van der Waals surface area contributed by atoms with Gasteiger partial charge in [0.2, 0.25) is 0 Å². The number of aromatic nitrogens is 2. The van der Waals surface area contributed by atoms with Crippen LogP contribution in [-0.2, 0) is 0 Å². The smallest absolute Gasteiger partial charge is 0.154 e. The molecule has 0 spiro atoms. The van der Waals surface area contributed by atoms with Crippen molar-refractivity contribution in [3.05, 3.63) is 52.9 Å². The third-order valence-corrected chi connectivity index (χ3v) is 2.20. The average molecular weight is 232 g/mol. The summed E-state index contributed by atoms with van der Waals surface area (Å²) in [7, 11) is 0. The average Bonchev–Trinajstić information content (AvgIpc) is 2.27. The zero-order valence-electron chi connectivity index (χ0n) is 8.47. The van der Waals surface area contributed by atoms with Gasteiger partial charge in [-0.05, 0) is 29.8 Å². The molecule has 3 nitrogen and oxygen atoms in total. The lowest BCUT2D eigenvalue weighted by Gasteiger charge is -1.95. The highest BCUT2D eigenvalue weighted by Gasteiger charge is 1.92. The van der Waals surface area contributed by atoms with Crippen molar-refractivity contribution in [2.24, 2.45) is 0 Å². The Hall–Kier alpha value is -1.87. The van der Waals surface area contributed by atoms with Gasteiger partial charge in [-0.1, -0.05) is 29.8 Å². The predicted molar refractivity (Wildman–Crippen MR) is 66.8 cm³/mol. The summed E-state index contributed by atoms with van der Waals surface area (Å²) in [5.41, 5.74) is 6.54. The lowest BCUT2D eigenvalue weighted by molar-refractivity contribution is 1.14. The van der Waals surface area contributed by atoms with Crippen LogP contribution in [0.15, 0.2) is 36.5 Å². The third kappa shape index (κ3) is 2.81. The van der Waals surface area contributed by atoms with E-state index >= 15 is 0 Å². The molecule has 0 fully saturated rings. The van der Waals surface area contributed by atoms with E-state index in [1.807, 2.05) is 30.3 Å². The molecule has 1 aromatic carbocycles. The standard InChI is InChI=1S/C12H10ClN3/c13-10-3-1-2-9(8-10)4-5-12-15-7-6-11(14)16-12/h1-8H,(H2,14,15,16). The Balaban J connectivity index is 2.21. The number of benzene rings is 1. The first-order chi connectivity index (χ1) is 7.74. The van der Waals surface area contributed by atoms with Crippen LogP contribution < -0.4 is 5.73 Å². The third-order valence-electron chi connectivity index (χ3n) is 1.97. The molecule has 0 bridgehead atoms. The van der Waals surface area contributed by atoms with E-state index in [1.165, 1.54) is 0 Å². The van der Waals surface area contributed by atoms with E-state index in [9.17, 15) is 0 Å². The maximum atomic E-state index is 5.87. The Bertz CT molecular complexity index is 476. The topological polar surface area (TPSA) is 51.8 Å². The molecule has 0 aliphatic carbocycles. The van der Waals surface area contributed by atoms with Crippen LogP contribution in [0.2, 0.25) is 5.02 Å². The summed E-state index contributed by atoms with van der Waals surface area (Å²) in [6.45, 7) is 0. The molecule has 0 amide bonds. The molecule has 1 aromatic heterocycles. The van der Waals surface area contributed by atoms with E-state index in [-0.39, 0.29) is 0 Å². The highest BCUT2D eigenvalue weighted by molar-refractivity contribution is 6.30. The number of nitrogens with zero attached hydrogens (tertiary/aromatic N) is 2. The van der Waals surface area contributed by atoms with Crippen LogP contribution in [-0.4, -0.2) is 9.97 Å². The van der Waals surface area contributed by atoms with Gasteiger partial charge in [0.15, 0.2) is 5.82 Å². The molecule has 2 N–H and O–H groups in total. The van der Waals surface area contributed by atoms with Gasteiger partial charge < -0.3 is 5.73 Å². The number of hydrogen-bond donors (Lipinski definition) is 1. The Morgan fingerprint density at radius 1 is 1.19 bits per heavy atom. The van der Waals surface area contributed by atoms with Crippen LogP contribution in [0.1, 0.15) is 11.4 Å². The summed E-state index contributed by atoms with van der Waals surface area (Å²) in [5, 5.41) is 0.704. The van der Waals surface area contributed by atoms with E-state index in [1.54, 1.807) is 18.3 Å². The fraction of sp³-hybridized carbons (Fsp3) is 0. The van der Waals surface area contributed by atoms with E-state index in [2.05, 4.69) is 9.97 Å². The number of hydrogen-bond acceptors (Lipinski definition) is 3. The number of nitrogen functional groups attached to an aromatic ring is 1. The Labute approximate surface area is 98.6 Å². The molecule has 2 rings (SSSR count). The lowest BCUT2D eigenvalue weighted by Crippen LogP contribution is -1.93. The molecular formula is C12H10ClN3. The van der Waals surface area contributed by atoms with Gasteiger partial charge in [0.05, 0.1) is 0 Å². The highest BCUT2D eigenvalue weighted by Crippen LogP contribution is 2.12. The SMILES string of the molecule is Nc1ccnc(C=Cc2cccc(Cl)c2)n1. The van der Waals surface area contributed by atoms with Gasteiger partial charge >= 0.3 is 0 Å². The second-order valence-corrected chi connectivity index (χ2v) is 3.66. The number of anilines is 1. The zero-order chi connectivity index (χ0) is 11.4. The van der Waals surface area contributed by atoms with Crippen molar-refractivity contribution in [3.63, 3.8) is 0 Å². The van der Waals surface area contributed by atoms with Gasteiger partial charge in [-0.15, -0.1) is 0 Å². The second kappa shape index (κ2) is 4.77. The van der Waals surface area contributed by atoms with Crippen molar-refractivity contribution in [1.29, 1.82) is 0 Å². The van der Waals surface area contributed by atoms with Crippen LogP contribution in [0.25, 0.3) is 12.2 Å². The minimum atomic E-state index is 0.459. The first kappa shape index (κ1) is 10.6. The van der Waals surface area contributed by atoms with Gasteiger partial charge in [-0.3, -0.25) is 0 Å². The summed E-state index contributed by atoms with van der Waals surface area (Å²) in [6.07, 6.45) is 5.31. The molecular weight excluding hydrogens is 222 g/mol. The Kier molecular flexibility index (Phi) is 3.17. The van der Waals surface area contributed by atoms with Gasteiger partial charge in [-0.25, -0.2) is 9.97 Å². The predicted octanol–water partition coefficient (Wildman–Crippen LogP) is 2.88. The van der Waals surface area contributed by atoms with Gasteiger partial charge in [0.25, 0.3) is 0 Å². The van der Waals surface area contributed by atoms with Crippen LogP contribution in [0.4, 0.5) is 5.82 Å². The van der Waals surface area contributed by atoms with E-state index in [0.717, 1.165) is 5.56 Å². The second-order valence-electron chi connectivity index (χ2n) is 3.23. The van der Waals surface area contributed by atoms with Crippen molar-refractivity contribution >= 4 is 29.6 Å². The van der Waals surface area contributed by atoms with Crippen LogP contribution in [0.5, 0.6) is 0 Å². The molecule has 0 aliphatic heterocycles. The van der Waals surface area contributed by atoms with E-state index in [0.29, 0.717) is 16.7 Å². The Morgan fingerprint density at radius 3 is 2.81 bits per heavy atom. The highest BCUT2D eigenvalue weighted by atomic mass is 35.5. The molecule has 16 heavy (non-hydrogen) atoms. The molecule has 0 aliphatic rings. The first-order valence-corrected chi connectivity index (χ1v) is 5.14. The van der Waals surface area contributed by atoms with E-state index in [4.69, 9.17) is 17.3 Å². The molecule has 0 saturated carbocycles. The number of rotatable bonds is 2. The molecule has 0 unspecified atom stereocenters. The zero-order valence-corrected chi connectivity index (χ0v) is 9.22. The van der Waals surface area contributed by atoms with Crippen LogP contribution >= 0.6 is 11.6 Å². The molecule has 0 saturated heterocycles. The van der Waals surface area contributed by atoms with Crippen LogP contribution in [0.3, 0.4) is 0 Å². The largest absolute Gasteiger partial charge is 0.384 e. The molecule has 0 atom stereocenters. The minimum absolute atomic E-state index is 0.459. The maximum Gasteiger partial charge on any atom is 0.154 e. The summed E-state index contributed by atoms with van der Waals surface area (Å²) in [5.74, 6) is 1.04. The number of halogens is 1. The first-order valence-electron chi connectivity index (χ1n) is 4.76. The van der Waals surface area contributed by atoms with Crippen molar-refractivity contribution in [2.75, 3.05) is 5.73 Å². The summed E-state index contributed by atoms with van der Waals surface area (Å²) < 4.78 is 0. The quantitative estimate of drug-likeness (QED) is 0.865. The fourth-order valence-corrected chi connectivity index (χ4v) is 1.45. The summed E-state index contributed by atoms with van der Waals surface area (Å²) >= 11 is 5.87. The molecule has 1 heterocycles. The maximum absolute atomic E-state index is 5.87. The van der Waals surface area contributed by atoms with Crippen LogP contribution in [0, 0.1) is 0 Å². The van der Waals surface area contributed by atoms with E-state index < -0.39 is 0 Å². The molecule has 80 valence electrons. The summed E-state index contributed by atoms with van der Waals surface area (Å²) in [6, 6.07) is 9.19. The minimum Gasteiger partial charge on any atom is -0.384 e. The molecule has 4 heteroatoms. The Morgan fingerprint density at radius 2 is 2.06 bits per heavy atom. The van der Waals surface area contributed by atoms with Gasteiger partial charge in [0, 0.05) is 11.2 Å². The van der Waals surface area contributed by atoms with Crippen molar-refractivity contribution in [2.45, 2.75) is 0 Å². The monoisotopic (exact) mass is 231 g/mol. The van der Waals surface area contributed by atoms with Gasteiger partial charge in [0.1, 0.15) is 5.82 Å².